The van der Waals surface area contributed by atoms with Gasteiger partial charge in [-0.2, -0.15) is 16.4 Å². The molecule has 1 N–H and O–H groups in total. The average Bonchev–Trinajstić information content (AvgIpc) is 2.95. The number of aryl methyl sites for hydroxylation is 1. The fraction of sp³-hybridized carbons (Fsp3) is 0.167. The van der Waals surface area contributed by atoms with E-state index < -0.39 is 0 Å². The first-order chi connectivity index (χ1) is 8.34. The molecule has 0 atom stereocenters. The molecule has 3 rings (SSSR count). The molecule has 0 aliphatic rings. The first kappa shape index (κ1) is 10.3. The van der Waals surface area contributed by atoms with Gasteiger partial charge >= 0.3 is 0 Å². The van der Waals surface area contributed by atoms with Crippen molar-refractivity contribution in [3.05, 3.63) is 46.5 Å². The monoisotopic (exact) mass is 244 g/mol. The summed E-state index contributed by atoms with van der Waals surface area (Å²) in [6, 6.07) is 1.95. The molecule has 0 fully saturated rings. The van der Waals surface area contributed by atoms with Crippen LogP contribution in [0.3, 0.4) is 0 Å². The summed E-state index contributed by atoms with van der Waals surface area (Å²) >= 11 is 1.73. The van der Waals surface area contributed by atoms with E-state index in [0.29, 0.717) is 0 Å². The molecule has 0 saturated heterocycles. The molecule has 3 heterocycles. The van der Waals surface area contributed by atoms with Crippen molar-refractivity contribution in [2.24, 2.45) is 0 Å². The van der Waals surface area contributed by atoms with E-state index >= 15 is 0 Å². The molecule has 3 aromatic heterocycles. The molecule has 0 aromatic carbocycles. The fourth-order valence-corrected chi connectivity index (χ4v) is 2.60. The zero-order chi connectivity index (χ0) is 11.7. The van der Waals surface area contributed by atoms with Crippen LogP contribution in [0, 0.1) is 6.92 Å². The van der Waals surface area contributed by atoms with Gasteiger partial charge in [-0.15, -0.1) is 0 Å². The lowest BCUT2D eigenvalue weighted by atomic mass is 10.2. The van der Waals surface area contributed by atoms with Crippen molar-refractivity contribution in [2.45, 2.75) is 13.5 Å². The molecule has 3 aromatic rings. The molecule has 5 heteroatoms. The molecule has 0 bridgehead atoms. The molecule has 0 aliphatic carbocycles. The number of aromatic nitrogens is 3. The summed E-state index contributed by atoms with van der Waals surface area (Å²) in [6.07, 6.45) is 5.37. The number of thiophene rings is 1. The summed E-state index contributed by atoms with van der Waals surface area (Å²) in [7, 11) is 0. The van der Waals surface area contributed by atoms with Crippen molar-refractivity contribution in [1.82, 2.24) is 14.6 Å². The van der Waals surface area contributed by atoms with Gasteiger partial charge in [0.15, 0.2) is 5.82 Å². The molecule has 86 valence electrons. The van der Waals surface area contributed by atoms with Crippen LogP contribution in [0.25, 0.3) is 5.52 Å². The number of nitrogens with zero attached hydrogens (tertiary/aromatic N) is 3. The topological polar surface area (TPSA) is 42.2 Å². The van der Waals surface area contributed by atoms with Gasteiger partial charge < -0.3 is 5.32 Å². The maximum atomic E-state index is 4.34. The van der Waals surface area contributed by atoms with Gasteiger partial charge in [-0.1, -0.05) is 0 Å². The molecule has 4 nitrogen and oxygen atoms in total. The highest BCUT2D eigenvalue weighted by Crippen LogP contribution is 2.17. The van der Waals surface area contributed by atoms with Gasteiger partial charge in [-0.3, -0.25) is 0 Å². The summed E-state index contributed by atoms with van der Waals surface area (Å²) in [5.74, 6) is 0.871. The Bertz CT molecular complexity index is 641. The Morgan fingerprint density at radius 1 is 1.35 bits per heavy atom. The third-order valence-electron chi connectivity index (χ3n) is 2.73. The van der Waals surface area contributed by atoms with Crippen LogP contribution < -0.4 is 5.32 Å². The Hall–Kier alpha value is -1.88. The van der Waals surface area contributed by atoms with E-state index in [4.69, 9.17) is 0 Å². The van der Waals surface area contributed by atoms with E-state index in [0.717, 1.165) is 17.9 Å². The second kappa shape index (κ2) is 4.18. The minimum absolute atomic E-state index is 0.799. The van der Waals surface area contributed by atoms with Crippen molar-refractivity contribution in [3.63, 3.8) is 0 Å². The standard InChI is InChI=1S/C12H12N4S/c1-9-7-17-8-10(9)6-14-12-11-2-3-15-16(11)5-4-13-12/h2-5,7-8H,6H2,1H3,(H,13,14). The molecule has 0 amide bonds. The summed E-state index contributed by atoms with van der Waals surface area (Å²) in [5, 5.41) is 11.9. The van der Waals surface area contributed by atoms with Crippen LogP contribution in [0.15, 0.2) is 35.4 Å². The highest BCUT2D eigenvalue weighted by molar-refractivity contribution is 7.08. The third-order valence-corrected chi connectivity index (χ3v) is 3.64. The lowest BCUT2D eigenvalue weighted by Gasteiger charge is -2.06. The smallest absolute Gasteiger partial charge is 0.152 e. The van der Waals surface area contributed by atoms with Crippen LogP contribution in [-0.2, 0) is 6.54 Å². The van der Waals surface area contributed by atoms with Gasteiger partial charge in [0.1, 0.15) is 5.52 Å². The van der Waals surface area contributed by atoms with Gasteiger partial charge in [0.05, 0.1) is 6.20 Å². The largest absolute Gasteiger partial charge is 0.364 e. The Balaban J connectivity index is 1.86. The molecule has 0 spiro atoms. The minimum Gasteiger partial charge on any atom is -0.364 e. The fourth-order valence-electron chi connectivity index (χ4n) is 1.74. The van der Waals surface area contributed by atoms with Gasteiger partial charge in [0.25, 0.3) is 0 Å². The molecule has 17 heavy (non-hydrogen) atoms. The second-order valence-corrected chi connectivity index (χ2v) is 4.61. The zero-order valence-electron chi connectivity index (χ0n) is 9.42. The number of fused-ring (bicyclic) bond motifs is 1. The number of rotatable bonds is 3. The molecular formula is C12H12N4S. The van der Waals surface area contributed by atoms with Crippen molar-refractivity contribution < 1.29 is 0 Å². The van der Waals surface area contributed by atoms with E-state index in [2.05, 4.69) is 33.1 Å². The van der Waals surface area contributed by atoms with Crippen molar-refractivity contribution in [3.8, 4) is 0 Å². The quantitative estimate of drug-likeness (QED) is 0.770. The van der Waals surface area contributed by atoms with Crippen molar-refractivity contribution in [2.75, 3.05) is 5.32 Å². The van der Waals surface area contributed by atoms with Crippen molar-refractivity contribution >= 4 is 22.7 Å². The zero-order valence-corrected chi connectivity index (χ0v) is 10.2. The number of nitrogens with one attached hydrogen (secondary N) is 1. The molecule has 0 aliphatic heterocycles. The van der Waals surface area contributed by atoms with Crippen LogP contribution in [-0.4, -0.2) is 14.6 Å². The minimum atomic E-state index is 0.799. The first-order valence-electron chi connectivity index (χ1n) is 5.38. The van der Waals surface area contributed by atoms with Crippen LogP contribution in [0.1, 0.15) is 11.1 Å². The lowest BCUT2D eigenvalue weighted by molar-refractivity contribution is 0.942. The first-order valence-corrected chi connectivity index (χ1v) is 6.33. The molecule has 0 saturated carbocycles. The van der Waals surface area contributed by atoms with E-state index in [1.54, 1.807) is 23.7 Å². The summed E-state index contributed by atoms with van der Waals surface area (Å²) in [4.78, 5) is 4.34. The Morgan fingerprint density at radius 3 is 3.12 bits per heavy atom. The summed E-state index contributed by atoms with van der Waals surface area (Å²) in [6.45, 7) is 2.92. The van der Waals surface area contributed by atoms with E-state index in [1.807, 2.05) is 16.8 Å². The maximum Gasteiger partial charge on any atom is 0.152 e. The summed E-state index contributed by atoms with van der Waals surface area (Å²) < 4.78 is 1.82. The van der Waals surface area contributed by atoms with Crippen molar-refractivity contribution in [1.29, 1.82) is 0 Å². The molecular weight excluding hydrogens is 232 g/mol. The van der Waals surface area contributed by atoms with E-state index in [1.165, 1.54) is 11.1 Å². The Kier molecular flexibility index (Phi) is 2.53. The highest BCUT2D eigenvalue weighted by atomic mass is 32.1. The van der Waals surface area contributed by atoms with Gasteiger partial charge in [-0.25, -0.2) is 9.50 Å². The second-order valence-electron chi connectivity index (χ2n) is 3.87. The SMILES string of the molecule is Cc1cscc1CNc1nccn2nccc12. The molecule has 0 unspecified atom stereocenters. The van der Waals surface area contributed by atoms with Gasteiger partial charge in [-0.05, 0) is 34.9 Å². The van der Waals surface area contributed by atoms with Crippen LogP contribution in [0.4, 0.5) is 5.82 Å². The Labute approximate surface area is 103 Å². The average molecular weight is 244 g/mol. The van der Waals surface area contributed by atoms with E-state index in [9.17, 15) is 0 Å². The van der Waals surface area contributed by atoms with Gasteiger partial charge in [0, 0.05) is 18.9 Å². The van der Waals surface area contributed by atoms with Crippen LogP contribution in [0.5, 0.6) is 0 Å². The van der Waals surface area contributed by atoms with Crippen LogP contribution in [0.2, 0.25) is 0 Å². The number of hydrogen-bond donors (Lipinski definition) is 1. The number of anilines is 1. The third kappa shape index (κ3) is 1.89. The van der Waals surface area contributed by atoms with Crippen LogP contribution >= 0.6 is 11.3 Å². The normalized spacial score (nSPS) is 10.9. The maximum absolute atomic E-state index is 4.34. The number of hydrogen-bond acceptors (Lipinski definition) is 4. The Morgan fingerprint density at radius 2 is 2.29 bits per heavy atom. The van der Waals surface area contributed by atoms with E-state index in [-0.39, 0.29) is 0 Å². The summed E-state index contributed by atoms with van der Waals surface area (Å²) in [5.41, 5.74) is 3.64. The van der Waals surface area contributed by atoms with Gasteiger partial charge in [0.2, 0.25) is 0 Å². The lowest BCUT2D eigenvalue weighted by Crippen LogP contribution is -2.03. The molecule has 0 radical (unpaired) electrons. The predicted molar refractivity (Wildman–Crippen MR) is 69.4 cm³/mol. The predicted octanol–water partition coefficient (Wildman–Crippen LogP) is 2.71. The highest BCUT2D eigenvalue weighted by Gasteiger charge is 2.04.